The highest BCUT2D eigenvalue weighted by Crippen LogP contribution is 2.10. The Morgan fingerprint density at radius 2 is 2.33 bits per heavy atom. The minimum absolute atomic E-state index is 0.843. The van der Waals surface area contributed by atoms with Crippen molar-refractivity contribution in [2.45, 2.75) is 0 Å². The number of ether oxygens (including phenoxy) is 1. The first-order valence-electron chi connectivity index (χ1n) is 3.70. The van der Waals surface area contributed by atoms with E-state index in [2.05, 4.69) is 10.5 Å². The Bertz CT molecular complexity index is 271. The van der Waals surface area contributed by atoms with Crippen molar-refractivity contribution in [1.82, 2.24) is 5.43 Å². The number of hydrogen-bond donors (Lipinski definition) is 1. The summed E-state index contributed by atoms with van der Waals surface area (Å²) in [5.74, 6) is 0.843. The number of rotatable bonds is 3. The van der Waals surface area contributed by atoms with Crippen LogP contribution in [0.2, 0.25) is 0 Å². The fourth-order valence-electron chi connectivity index (χ4n) is 0.861. The maximum absolute atomic E-state index is 5.05. The summed E-state index contributed by atoms with van der Waals surface area (Å²) in [7, 11) is 3.41. The molecule has 1 N–H and O–H groups in total. The van der Waals surface area contributed by atoms with E-state index in [-0.39, 0.29) is 0 Å². The molecule has 0 aliphatic carbocycles. The summed E-state index contributed by atoms with van der Waals surface area (Å²) < 4.78 is 5.05. The van der Waals surface area contributed by atoms with Gasteiger partial charge in [0.05, 0.1) is 13.3 Å². The summed E-state index contributed by atoms with van der Waals surface area (Å²) in [6.45, 7) is 0. The number of nitrogens with one attached hydrogen (secondary N) is 1. The van der Waals surface area contributed by atoms with E-state index in [1.165, 1.54) is 0 Å². The maximum Gasteiger partial charge on any atom is 0.119 e. The summed E-state index contributed by atoms with van der Waals surface area (Å²) in [5, 5.41) is 3.89. The molecular weight excluding hydrogens is 152 g/mol. The van der Waals surface area contributed by atoms with Crippen molar-refractivity contribution >= 4 is 6.21 Å². The van der Waals surface area contributed by atoms with Gasteiger partial charge in [-0.25, -0.2) is 0 Å². The largest absolute Gasteiger partial charge is 0.497 e. The van der Waals surface area contributed by atoms with Crippen LogP contribution in [0, 0.1) is 0 Å². The number of hydrazone groups is 1. The number of hydrogen-bond acceptors (Lipinski definition) is 3. The van der Waals surface area contributed by atoms with Gasteiger partial charge in [0.15, 0.2) is 0 Å². The second-order valence-corrected chi connectivity index (χ2v) is 2.26. The van der Waals surface area contributed by atoms with Crippen molar-refractivity contribution in [3.05, 3.63) is 29.8 Å². The number of methoxy groups -OCH3 is 1. The molecule has 0 radical (unpaired) electrons. The zero-order valence-electron chi connectivity index (χ0n) is 7.24. The lowest BCUT2D eigenvalue weighted by Gasteiger charge is -1.99. The summed E-state index contributed by atoms with van der Waals surface area (Å²) >= 11 is 0. The molecule has 0 unspecified atom stereocenters. The predicted molar refractivity (Wildman–Crippen MR) is 49.6 cm³/mol. The van der Waals surface area contributed by atoms with Gasteiger partial charge in [0.1, 0.15) is 5.75 Å². The highest BCUT2D eigenvalue weighted by atomic mass is 16.5. The van der Waals surface area contributed by atoms with Crippen molar-refractivity contribution in [1.29, 1.82) is 0 Å². The molecule has 0 aliphatic heterocycles. The Hall–Kier alpha value is -1.51. The van der Waals surface area contributed by atoms with Crippen LogP contribution in [0.25, 0.3) is 0 Å². The lowest BCUT2D eigenvalue weighted by atomic mass is 10.2. The molecule has 3 heteroatoms. The van der Waals surface area contributed by atoms with Crippen molar-refractivity contribution in [2.24, 2.45) is 5.10 Å². The molecule has 0 atom stereocenters. The third kappa shape index (κ3) is 2.27. The smallest absolute Gasteiger partial charge is 0.119 e. The highest BCUT2D eigenvalue weighted by molar-refractivity contribution is 5.79. The minimum atomic E-state index is 0.843. The molecule has 0 amide bonds. The Balaban J connectivity index is 2.79. The molecule has 0 heterocycles. The van der Waals surface area contributed by atoms with E-state index in [4.69, 9.17) is 4.74 Å². The lowest BCUT2D eigenvalue weighted by Crippen LogP contribution is -1.94. The Kier molecular flexibility index (Phi) is 3.14. The van der Waals surface area contributed by atoms with Gasteiger partial charge in [-0.15, -0.1) is 0 Å². The number of nitrogens with zero attached hydrogens (tertiary/aromatic N) is 1. The first-order valence-corrected chi connectivity index (χ1v) is 3.70. The molecule has 64 valence electrons. The molecule has 0 saturated heterocycles. The molecule has 0 aliphatic rings. The fourth-order valence-corrected chi connectivity index (χ4v) is 0.861. The topological polar surface area (TPSA) is 33.6 Å². The van der Waals surface area contributed by atoms with E-state index in [0.717, 1.165) is 11.3 Å². The normalized spacial score (nSPS) is 10.2. The van der Waals surface area contributed by atoms with Gasteiger partial charge in [-0.3, -0.25) is 0 Å². The van der Waals surface area contributed by atoms with Crippen molar-refractivity contribution in [3.63, 3.8) is 0 Å². The third-order valence-electron chi connectivity index (χ3n) is 1.44. The van der Waals surface area contributed by atoms with Crippen molar-refractivity contribution in [2.75, 3.05) is 14.2 Å². The summed E-state index contributed by atoms with van der Waals surface area (Å²) in [6.07, 6.45) is 1.74. The maximum atomic E-state index is 5.05. The van der Waals surface area contributed by atoms with Crippen LogP contribution in [-0.2, 0) is 0 Å². The highest BCUT2D eigenvalue weighted by Gasteiger charge is 1.90. The van der Waals surface area contributed by atoms with Crippen LogP contribution in [0.15, 0.2) is 29.4 Å². The second-order valence-electron chi connectivity index (χ2n) is 2.26. The zero-order valence-corrected chi connectivity index (χ0v) is 7.24. The van der Waals surface area contributed by atoms with E-state index in [1.54, 1.807) is 20.4 Å². The lowest BCUT2D eigenvalue weighted by molar-refractivity contribution is 0.415. The molecule has 0 fully saturated rings. The molecule has 0 saturated carbocycles. The molecule has 3 nitrogen and oxygen atoms in total. The quantitative estimate of drug-likeness (QED) is 0.538. The van der Waals surface area contributed by atoms with E-state index < -0.39 is 0 Å². The summed E-state index contributed by atoms with van der Waals surface area (Å²) in [4.78, 5) is 0. The predicted octanol–water partition coefficient (Wildman–Crippen LogP) is 1.25. The fraction of sp³-hybridized carbons (Fsp3) is 0.222. The van der Waals surface area contributed by atoms with Gasteiger partial charge in [0.25, 0.3) is 0 Å². The van der Waals surface area contributed by atoms with E-state index in [1.807, 2.05) is 24.3 Å². The minimum Gasteiger partial charge on any atom is -0.497 e. The Labute approximate surface area is 72.1 Å². The van der Waals surface area contributed by atoms with Crippen LogP contribution in [0.1, 0.15) is 5.56 Å². The first kappa shape index (κ1) is 8.59. The molecule has 0 bridgehead atoms. The van der Waals surface area contributed by atoms with Crippen LogP contribution in [0.3, 0.4) is 0 Å². The molecule has 1 aromatic rings. The van der Waals surface area contributed by atoms with Crippen LogP contribution >= 0.6 is 0 Å². The van der Waals surface area contributed by atoms with Crippen LogP contribution in [-0.4, -0.2) is 20.4 Å². The summed E-state index contributed by atoms with van der Waals surface area (Å²) in [5.41, 5.74) is 3.70. The van der Waals surface area contributed by atoms with Crippen LogP contribution < -0.4 is 10.2 Å². The molecular formula is C9H12N2O. The van der Waals surface area contributed by atoms with Gasteiger partial charge in [-0.05, 0) is 17.7 Å². The van der Waals surface area contributed by atoms with Crippen molar-refractivity contribution < 1.29 is 4.74 Å². The third-order valence-corrected chi connectivity index (χ3v) is 1.44. The van der Waals surface area contributed by atoms with Gasteiger partial charge < -0.3 is 10.2 Å². The number of benzene rings is 1. The average molecular weight is 164 g/mol. The zero-order chi connectivity index (χ0) is 8.81. The molecule has 1 aromatic carbocycles. The Morgan fingerprint density at radius 1 is 1.50 bits per heavy atom. The van der Waals surface area contributed by atoms with Crippen LogP contribution in [0.5, 0.6) is 5.75 Å². The van der Waals surface area contributed by atoms with Crippen LogP contribution in [0.4, 0.5) is 0 Å². The van der Waals surface area contributed by atoms with E-state index in [9.17, 15) is 0 Å². The van der Waals surface area contributed by atoms with Gasteiger partial charge in [0, 0.05) is 7.05 Å². The van der Waals surface area contributed by atoms with Gasteiger partial charge in [0.2, 0.25) is 0 Å². The molecule has 0 aromatic heterocycles. The summed E-state index contributed by atoms with van der Waals surface area (Å²) in [6, 6.07) is 7.71. The monoisotopic (exact) mass is 164 g/mol. The first-order chi connectivity index (χ1) is 5.86. The van der Waals surface area contributed by atoms with Gasteiger partial charge in [-0.2, -0.15) is 5.10 Å². The van der Waals surface area contributed by atoms with E-state index in [0.29, 0.717) is 0 Å². The van der Waals surface area contributed by atoms with Crippen molar-refractivity contribution in [3.8, 4) is 5.75 Å². The molecule has 1 rings (SSSR count). The molecule has 12 heavy (non-hydrogen) atoms. The van der Waals surface area contributed by atoms with Gasteiger partial charge in [-0.1, -0.05) is 12.1 Å². The molecule has 0 spiro atoms. The second kappa shape index (κ2) is 4.38. The Morgan fingerprint density at radius 3 is 3.00 bits per heavy atom. The standard InChI is InChI=1S/C9H12N2O/c1-10-11-7-8-4-3-5-9(6-8)12-2/h3-7,10H,1-2H3/b11-7+. The van der Waals surface area contributed by atoms with E-state index >= 15 is 0 Å². The van der Waals surface area contributed by atoms with Gasteiger partial charge >= 0.3 is 0 Å². The SMILES string of the molecule is CN/N=C/c1cccc(OC)c1. The average Bonchev–Trinajstić information content (AvgIpc) is 2.15.